The summed E-state index contributed by atoms with van der Waals surface area (Å²) in [7, 11) is 1.59. The fourth-order valence-electron chi connectivity index (χ4n) is 1.62. The number of benzene rings is 1. The van der Waals surface area contributed by atoms with Crippen molar-refractivity contribution in [3.63, 3.8) is 0 Å². The molecule has 116 valence electrons. The lowest BCUT2D eigenvalue weighted by Crippen LogP contribution is -2.49. The number of hydrogen-bond acceptors (Lipinski definition) is 4. The highest BCUT2D eigenvalue weighted by Gasteiger charge is 2.25. The van der Waals surface area contributed by atoms with Gasteiger partial charge in [0.15, 0.2) is 0 Å². The van der Waals surface area contributed by atoms with Crippen LogP contribution in [0.1, 0.15) is 6.92 Å². The standard InChI is InChI=1S/C13H16Cl2N2O3S/c1-8(7-21)13(20)17(6-12(18)19)16(2)9-3-4-10(14)11(15)5-9/h3-5,8,21H,6-7H2,1-2H3,(H,18,19). The topological polar surface area (TPSA) is 60.9 Å². The summed E-state index contributed by atoms with van der Waals surface area (Å²) in [6, 6.07) is 4.81. The molecule has 0 radical (unpaired) electrons. The zero-order chi connectivity index (χ0) is 16.2. The van der Waals surface area contributed by atoms with Crippen LogP contribution < -0.4 is 5.01 Å². The van der Waals surface area contributed by atoms with Crippen LogP contribution in [0, 0.1) is 5.92 Å². The van der Waals surface area contributed by atoms with Crippen molar-refractivity contribution < 1.29 is 14.7 Å². The Balaban J connectivity index is 3.09. The Bertz CT molecular complexity index is 542. The largest absolute Gasteiger partial charge is 0.480 e. The number of nitrogens with zero attached hydrogens (tertiary/aromatic N) is 2. The fraction of sp³-hybridized carbons (Fsp3) is 0.385. The van der Waals surface area contributed by atoms with E-state index >= 15 is 0 Å². The van der Waals surface area contributed by atoms with E-state index in [9.17, 15) is 9.59 Å². The molecule has 0 bridgehead atoms. The summed E-state index contributed by atoms with van der Waals surface area (Å²) in [6.07, 6.45) is 0. The second kappa shape index (κ2) is 7.77. The predicted molar refractivity (Wildman–Crippen MR) is 87.2 cm³/mol. The van der Waals surface area contributed by atoms with Crippen LogP contribution >= 0.6 is 35.8 Å². The zero-order valence-corrected chi connectivity index (χ0v) is 14.0. The highest BCUT2D eigenvalue weighted by Crippen LogP contribution is 2.27. The van der Waals surface area contributed by atoms with Gasteiger partial charge in [-0.05, 0) is 18.2 Å². The second-order valence-electron chi connectivity index (χ2n) is 4.50. The SMILES string of the molecule is CC(CS)C(=O)N(CC(=O)O)N(C)c1ccc(Cl)c(Cl)c1. The van der Waals surface area contributed by atoms with Gasteiger partial charge in [-0.2, -0.15) is 12.6 Å². The number of aliphatic carboxylic acids is 1. The summed E-state index contributed by atoms with van der Waals surface area (Å²) in [5.74, 6) is -1.52. The number of hydrogen-bond donors (Lipinski definition) is 2. The number of rotatable bonds is 6. The lowest BCUT2D eigenvalue weighted by Gasteiger charge is -2.34. The Morgan fingerprint density at radius 3 is 2.43 bits per heavy atom. The van der Waals surface area contributed by atoms with Crippen molar-refractivity contribution in [1.29, 1.82) is 0 Å². The number of amides is 1. The van der Waals surface area contributed by atoms with Gasteiger partial charge in [0.1, 0.15) is 6.54 Å². The highest BCUT2D eigenvalue weighted by atomic mass is 35.5. The Labute approximate surface area is 138 Å². The number of thiol groups is 1. The molecule has 1 aromatic carbocycles. The van der Waals surface area contributed by atoms with Gasteiger partial charge in [-0.1, -0.05) is 30.1 Å². The molecule has 1 rings (SSSR count). The molecule has 0 aromatic heterocycles. The predicted octanol–water partition coefficient (Wildman–Crippen LogP) is 2.82. The third-order valence-corrected chi connectivity index (χ3v) is 4.16. The first kappa shape index (κ1) is 17.9. The van der Waals surface area contributed by atoms with E-state index in [0.29, 0.717) is 21.5 Å². The van der Waals surface area contributed by atoms with Crippen molar-refractivity contribution in [2.24, 2.45) is 5.92 Å². The molecule has 0 saturated carbocycles. The molecule has 0 aliphatic rings. The summed E-state index contributed by atoms with van der Waals surface area (Å²) in [5.41, 5.74) is 0.561. The van der Waals surface area contributed by atoms with Gasteiger partial charge in [-0.3, -0.25) is 14.6 Å². The molecule has 0 heterocycles. The van der Waals surface area contributed by atoms with Crippen LogP contribution in [0.3, 0.4) is 0 Å². The number of carboxylic acid groups (broad SMARTS) is 1. The van der Waals surface area contributed by atoms with Crippen molar-refractivity contribution in [3.05, 3.63) is 28.2 Å². The first-order valence-electron chi connectivity index (χ1n) is 6.10. The quantitative estimate of drug-likeness (QED) is 0.611. The van der Waals surface area contributed by atoms with Gasteiger partial charge in [0.2, 0.25) is 5.91 Å². The molecule has 8 heteroatoms. The van der Waals surface area contributed by atoms with E-state index in [4.69, 9.17) is 28.3 Å². The van der Waals surface area contributed by atoms with Crippen LogP contribution in [0.4, 0.5) is 5.69 Å². The van der Waals surface area contributed by atoms with Crippen molar-refractivity contribution in [2.45, 2.75) is 6.92 Å². The number of carbonyl (C=O) groups is 2. The Kier molecular flexibility index (Phi) is 6.64. The number of hydrazine groups is 1. The van der Waals surface area contributed by atoms with Crippen molar-refractivity contribution in [3.8, 4) is 0 Å². The molecule has 21 heavy (non-hydrogen) atoms. The van der Waals surface area contributed by atoms with Crippen LogP contribution in [0.15, 0.2) is 18.2 Å². The van der Waals surface area contributed by atoms with E-state index in [0.717, 1.165) is 5.01 Å². The van der Waals surface area contributed by atoms with Gasteiger partial charge in [0.25, 0.3) is 0 Å². The Hall–Kier alpha value is -1.11. The maximum atomic E-state index is 12.3. The van der Waals surface area contributed by atoms with E-state index in [1.165, 1.54) is 5.01 Å². The summed E-state index contributed by atoms with van der Waals surface area (Å²) in [4.78, 5) is 23.3. The third kappa shape index (κ3) is 4.69. The summed E-state index contributed by atoms with van der Waals surface area (Å²) < 4.78 is 0. The van der Waals surface area contributed by atoms with Gasteiger partial charge < -0.3 is 5.11 Å². The molecule has 1 aromatic rings. The summed E-state index contributed by atoms with van der Waals surface area (Å²) in [5, 5.41) is 12.3. The van der Waals surface area contributed by atoms with Crippen molar-refractivity contribution >= 4 is 53.4 Å². The minimum Gasteiger partial charge on any atom is -0.480 e. The van der Waals surface area contributed by atoms with Crippen LogP contribution in [0.5, 0.6) is 0 Å². The number of carboxylic acids is 1. The van der Waals surface area contributed by atoms with Crippen LogP contribution in [-0.4, -0.2) is 41.3 Å². The molecule has 0 saturated heterocycles. The third-order valence-electron chi connectivity index (χ3n) is 2.87. The summed E-state index contributed by atoms with van der Waals surface area (Å²) >= 11 is 15.9. The lowest BCUT2D eigenvalue weighted by atomic mass is 10.2. The fourth-order valence-corrected chi connectivity index (χ4v) is 2.07. The van der Waals surface area contributed by atoms with Crippen molar-refractivity contribution in [1.82, 2.24) is 5.01 Å². The normalized spacial score (nSPS) is 11.9. The molecule has 0 fully saturated rings. The van der Waals surface area contributed by atoms with Crippen LogP contribution in [-0.2, 0) is 9.59 Å². The maximum Gasteiger partial charge on any atom is 0.325 e. The molecule has 1 atom stereocenters. The monoisotopic (exact) mass is 350 g/mol. The van der Waals surface area contributed by atoms with Gasteiger partial charge in [0.05, 0.1) is 15.7 Å². The first-order valence-corrected chi connectivity index (χ1v) is 7.49. The first-order chi connectivity index (χ1) is 9.77. The molecule has 5 nitrogen and oxygen atoms in total. The molecule has 0 aliphatic heterocycles. The van der Waals surface area contributed by atoms with E-state index in [-0.39, 0.29) is 5.91 Å². The average Bonchev–Trinajstić information content (AvgIpc) is 2.45. The number of carbonyl (C=O) groups excluding carboxylic acids is 1. The van der Waals surface area contributed by atoms with E-state index in [1.54, 1.807) is 32.2 Å². The molecule has 1 N–H and O–H groups in total. The number of halogens is 2. The van der Waals surface area contributed by atoms with E-state index in [1.807, 2.05) is 0 Å². The van der Waals surface area contributed by atoms with Gasteiger partial charge in [0, 0.05) is 18.7 Å². The molecule has 0 spiro atoms. The van der Waals surface area contributed by atoms with E-state index in [2.05, 4.69) is 12.6 Å². The van der Waals surface area contributed by atoms with Gasteiger partial charge >= 0.3 is 5.97 Å². The van der Waals surface area contributed by atoms with Crippen LogP contribution in [0.2, 0.25) is 10.0 Å². The minimum atomic E-state index is -1.11. The van der Waals surface area contributed by atoms with E-state index < -0.39 is 18.4 Å². The second-order valence-corrected chi connectivity index (χ2v) is 5.67. The highest BCUT2D eigenvalue weighted by molar-refractivity contribution is 7.80. The molecule has 1 amide bonds. The van der Waals surface area contributed by atoms with Crippen molar-refractivity contribution in [2.75, 3.05) is 24.4 Å². The lowest BCUT2D eigenvalue weighted by molar-refractivity contribution is -0.146. The maximum absolute atomic E-state index is 12.3. The average molecular weight is 351 g/mol. The van der Waals surface area contributed by atoms with Gasteiger partial charge in [-0.25, -0.2) is 5.01 Å². The van der Waals surface area contributed by atoms with Gasteiger partial charge in [-0.15, -0.1) is 0 Å². The van der Waals surface area contributed by atoms with Crippen LogP contribution in [0.25, 0.3) is 0 Å². The molecule has 0 aliphatic carbocycles. The summed E-state index contributed by atoms with van der Waals surface area (Å²) in [6.45, 7) is 1.24. The Morgan fingerprint density at radius 2 is 1.95 bits per heavy atom. The minimum absolute atomic E-state index is 0.324. The number of anilines is 1. The zero-order valence-electron chi connectivity index (χ0n) is 11.6. The smallest absolute Gasteiger partial charge is 0.325 e. The molecule has 1 unspecified atom stereocenters. The Morgan fingerprint density at radius 1 is 1.33 bits per heavy atom. The molecular formula is C13H16Cl2N2O3S. The molecular weight excluding hydrogens is 335 g/mol.